The van der Waals surface area contributed by atoms with Crippen molar-refractivity contribution in [3.05, 3.63) is 35.4 Å². The van der Waals surface area contributed by atoms with Gasteiger partial charge < -0.3 is 14.8 Å². The van der Waals surface area contributed by atoms with Crippen LogP contribution in [-0.4, -0.2) is 47.0 Å². The monoisotopic (exact) mass is 349 g/mol. The van der Waals surface area contributed by atoms with Crippen molar-refractivity contribution in [1.82, 2.24) is 5.32 Å². The minimum Gasteiger partial charge on any atom is -0.495 e. The van der Waals surface area contributed by atoms with E-state index in [4.69, 9.17) is 4.74 Å². The van der Waals surface area contributed by atoms with Crippen LogP contribution in [0.4, 0.5) is 5.69 Å². The average Bonchev–Trinajstić information content (AvgIpc) is 3.08. The Hall–Kier alpha value is -2.35. The smallest absolute Gasteiger partial charge is 0.229 e. The molecule has 3 rings (SSSR count). The van der Waals surface area contributed by atoms with Crippen LogP contribution in [0.25, 0.3) is 0 Å². The van der Waals surface area contributed by atoms with Crippen LogP contribution in [-0.2, 0) is 26.7 Å². The SMILES string of the molecule is COc1ccc2c(c1NS(C)(=O)=O)CC=CC2(C=O)C1=NCCN1. The fraction of sp³-hybridized carbons (Fsp3) is 0.375. The average molecular weight is 349 g/mol. The molecule has 0 saturated heterocycles. The van der Waals surface area contributed by atoms with Gasteiger partial charge in [0.1, 0.15) is 23.3 Å². The third-order valence-corrected chi connectivity index (χ3v) is 4.76. The summed E-state index contributed by atoms with van der Waals surface area (Å²) in [7, 11) is -2.02. The summed E-state index contributed by atoms with van der Waals surface area (Å²) in [6.45, 7) is 1.29. The zero-order valence-electron chi connectivity index (χ0n) is 13.5. The Morgan fingerprint density at radius 3 is 2.79 bits per heavy atom. The highest BCUT2D eigenvalue weighted by Crippen LogP contribution is 2.41. The molecular weight excluding hydrogens is 330 g/mol. The maximum Gasteiger partial charge on any atom is 0.229 e. The Kier molecular flexibility index (Phi) is 4.08. The number of rotatable bonds is 5. The number of ether oxygens (including phenoxy) is 1. The van der Waals surface area contributed by atoms with Gasteiger partial charge in [-0.3, -0.25) is 9.71 Å². The van der Waals surface area contributed by atoms with E-state index in [1.165, 1.54) is 7.11 Å². The Balaban J connectivity index is 2.23. The summed E-state index contributed by atoms with van der Waals surface area (Å²) in [5, 5.41) is 3.15. The summed E-state index contributed by atoms with van der Waals surface area (Å²) in [6, 6.07) is 3.46. The molecule has 7 nitrogen and oxygen atoms in total. The number of benzene rings is 1. The molecule has 24 heavy (non-hydrogen) atoms. The Morgan fingerprint density at radius 1 is 1.42 bits per heavy atom. The van der Waals surface area contributed by atoms with Gasteiger partial charge in [0.25, 0.3) is 0 Å². The molecule has 128 valence electrons. The van der Waals surface area contributed by atoms with Gasteiger partial charge >= 0.3 is 0 Å². The molecule has 0 spiro atoms. The van der Waals surface area contributed by atoms with Crippen molar-refractivity contribution in [1.29, 1.82) is 0 Å². The van der Waals surface area contributed by atoms with Crippen molar-refractivity contribution in [2.75, 3.05) is 31.2 Å². The molecule has 0 saturated carbocycles. The van der Waals surface area contributed by atoms with Gasteiger partial charge in [0, 0.05) is 6.54 Å². The first kappa shape index (κ1) is 16.5. The Labute approximate surface area is 140 Å². The van der Waals surface area contributed by atoms with Crippen molar-refractivity contribution in [3.63, 3.8) is 0 Å². The minimum absolute atomic E-state index is 0.367. The van der Waals surface area contributed by atoms with Gasteiger partial charge in [0.15, 0.2) is 0 Å². The molecule has 0 bridgehead atoms. The van der Waals surface area contributed by atoms with E-state index in [9.17, 15) is 13.2 Å². The van der Waals surface area contributed by atoms with Crippen LogP contribution < -0.4 is 14.8 Å². The van der Waals surface area contributed by atoms with E-state index < -0.39 is 15.4 Å². The second-order valence-corrected chi connectivity index (χ2v) is 7.54. The number of sulfonamides is 1. The van der Waals surface area contributed by atoms with Crippen molar-refractivity contribution < 1.29 is 17.9 Å². The Morgan fingerprint density at radius 2 is 2.21 bits per heavy atom. The van der Waals surface area contributed by atoms with E-state index in [2.05, 4.69) is 15.0 Å². The Bertz CT molecular complexity index is 845. The number of nitrogens with zero attached hydrogens (tertiary/aromatic N) is 1. The van der Waals surface area contributed by atoms with Gasteiger partial charge in [-0.15, -0.1) is 0 Å². The largest absolute Gasteiger partial charge is 0.495 e. The molecule has 2 N–H and O–H groups in total. The van der Waals surface area contributed by atoms with E-state index in [-0.39, 0.29) is 0 Å². The lowest BCUT2D eigenvalue weighted by Gasteiger charge is -2.32. The van der Waals surface area contributed by atoms with Crippen LogP contribution >= 0.6 is 0 Å². The molecule has 1 atom stereocenters. The summed E-state index contributed by atoms with van der Waals surface area (Å²) < 4.78 is 31.3. The highest BCUT2D eigenvalue weighted by molar-refractivity contribution is 7.92. The lowest BCUT2D eigenvalue weighted by Crippen LogP contribution is -2.44. The predicted octanol–water partition coefficient (Wildman–Crippen LogP) is 0.617. The second-order valence-electron chi connectivity index (χ2n) is 5.79. The maximum atomic E-state index is 12.0. The number of carbonyl (C=O) groups is 1. The molecule has 1 aliphatic heterocycles. The zero-order valence-corrected chi connectivity index (χ0v) is 14.3. The van der Waals surface area contributed by atoms with E-state index in [1.54, 1.807) is 12.1 Å². The molecule has 0 fully saturated rings. The van der Waals surface area contributed by atoms with Gasteiger partial charge in [-0.05, 0) is 23.6 Å². The molecule has 0 radical (unpaired) electrons. The number of fused-ring (bicyclic) bond motifs is 1. The number of methoxy groups -OCH3 is 1. The highest BCUT2D eigenvalue weighted by atomic mass is 32.2. The fourth-order valence-electron chi connectivity index (χ4n) is 3.19. The number of amidine groups is 1. The number of hydrogen-bond donors (Lipinski definition) is 2. The van der Waals surface area contributed by atoms with Crippen molar-refractivity contribution in [2.24, 2.45) is 4.99 Å². The van der Waals surface area contributed by atoms with Crippen molar-refractivity contribution in [2.45, 2.75) is 11.8 Å². The van der Waals surface area contributed by atoms with E-state index in [1.807, 2.05) is 12.2 Å². The molecule has 1 aromatic rings. The van der Waals surface area contributed by atoms with E-state index >= 15 is 0 Å². The fourth-order valence-corrected chi connectivity index (χ4v) is 3.78. The van der Waals surface area contributed by atoms with Crippen LogP contribution in [0, 0.1) is 0 Å². The number of anilines is 1. The number of carbonyl (C=O) groups excluding carboxylic acids is 1. The molecule has 8 heteroatoms. The van der Waals surface area contributed by atoms with Gasteiger partial charge in [0.2, 0.25) is 10.0 Å². The van der Waals surface area contributed by atoms with E-state index in [0.29, 0.717) is 47.9 Å². The van der Waals surface area contributed by atoms with Crippen LogP contribution in [0.5, 0.6) is 5.75 Å². The van der Waals surface area contributed by atoms with Gasteiger partial charge in [0.05, 0.1) is 25.6 Å². The first-order valence-electron chi connectivity index (χ1n) is 7.52. The summed E-state index contributed by atoms with van der Waals surface area (Å²) in [4.78, 5) is 16.4. The molecule has 1 unspecified atom stereocenters. The standard InChI is InChI=1S/C16H19N3O4S/c1-23-13-6-5-12-11(14(13)19-24(2,21)22)4-3-7-16(12,10-20)15-17-8-9-18-15/h3,5-7,10,19H,4,8-9H2,1-2H3,(H,17,18). The normalized spacial score (nSPS) is 22.3. The minimum atomic E-state index is -3.49. The third-order valence-electron chi connectivity index (χ3n) is 4.18. The van der Waals surface area contributed by atoms with Gasteiger partial charge in [-0.2, -0.15) is 0 Å². The summed E-state index contributed by atoms with van der Waals surface area (Å²) in [6.07, 6.45) is 6.09. The molecule has 2 aliphatic rings. The van der Waals surface area contributed by atoms with Gasteiger partial charge in [-0.1, -0.05) is 18.2 Å². The highest BCUT2D eigenvalue weighted by Gasteiger charge is 2.41. The lowest BCUT2D eigenvalue weighted by molar-refractivity contribution is -0.109. The summed E-state index contributed by atoms with van der Waals surface area (Å²) in [5.74, 6) is 1.00. The third kappa shape index (κ3) is 2.66. The number of hydrogen-bond acceptors (Lipinski definition) is 6. The van der Waals surface area contributed by atoms with Crippen LogP contribution in [0.2, 0.25) is 0 Å². The van der Waals surface area contributed by atoms with Crippen LogP contribution in [0.15, 0.2) is 29.3 Å². The molecule has 1 aliphatic carbocycles. The molecule has 0 amide bonds. The zero-order chi connectivity index (χ0) is 17.4. The lowest BCUT2D eigenvalue weighted by atomic mass is 9.73. The molecule has 1 heterocycles. The quantitative estimate of drug-likeness (QED) is 0.600. The first-order chi connectivity index (χ1) is 11.4. The summed E-state index contributed by atoms with van der Waals surface area (Å²) >= 11 is 0. The van der Waals surface area contributed by atoms with Crippen LogP contribution in [0.3, 0.4) is 0 Å². The number of aliphatic imine (C=N–C) groups is 1. The maximum absolute atomic E-state index is 12.0. The second kappa shape index (κ2) is 5.94. The van der Waals surface area contributed by atoms with Gasteiger partial charge in [-0.25, -0.2) is 8.42 Å². The number of aldehydes is 1. The predicted molar refractivity (Wildman–Crippen MR) is 92.4 cm³/mol. The molecule has 1 aromatic carbocycles. The first-order valence-corrected chi connectivity index (χ1v) is 9.41. The van der Waals surface area contributed by atoms with E-state index in [0.717, 1.165) is 12.5 Å². The molecular formula is C16H19N3O4S. The molecule has 0 aromatic heterocycles. The topological polar surface area (TPSA) is 96.9 Å². The summed E-state index contributed by atoms with van der Waals surface area (Å²) in [5.41, 5.74) is 0.766. The number of nitrogens with one attached hydrogen (secondary N) is 2. The van der Waals surface area contributed by atoms with Crippen molar-refractivity contribution in [3.8, 4) is 5.75 Å². The van der Waals surface area contributed by atoms with Crippen molar-refractivity contribution >= 4 is 27.8 Å². The number of allylic oxidation sites excluding steroid dienone is 1. The van der Waals surface area contributed by atoms with Crippen LogP contribution in [0.1, 0.15) is 11.1 Å².